The van der Waals surface area contributed by atoms with Gasteiger partial charge in [-0.2, -0.15) is 0 Å². The van der Waals surface area contributed by atoms with E-state index in [1.165, 1.54) is 44.9 Å². The monoisotopic (exact) mass is 547 g/mol. The van der Waals surface area contributed by atoms with E-state index < -0.39 is 12.2 Å². The first-order chi connectivity index (χ1) is 19.0. The van der Waals surface area contributed by atoms with Gasteiger partial charge in [0.15, 0.2) is 0 Å². The van der Waals surface area contributed by atoms with Crippen molar-refractivity contribution in [3.8, 4) is 0 Å². The van der Waals surface area contributed by atoms with E-state index >= 15 is 0 Å². The zero-order valence-electron chi connectivity index (χ0n) is 25.7. The molecule has 3 fully saturated rings. The minimum atomic E-state index is -0.504. The molecule has 0 spiro atoms. The van der Waals surface area contributed by atoms with Crippen LogP contribution in [0.25, 0.3) is 0 Å². The molecule has 0 heterocycles. The number of alkyl carbamates (subject to hydrolysis) is 1. The van der Waals surface area contributed by atoms with E-state index in [-0.39, 0.29) is 12.6 Å². The van der Waals surface area contributed by atoms with Gasteiger partial charge in [-0.3, -0.25) is 0 Å². The first-order valence-corrected chi connectivity index (χ1v) is 15.7. The van der Waals surface area contributed by atoms with Gasteiger partial charge in [0.25, 0.3) is 0 Å². The van der Waals surface area contributed by atoms with Crippen LogP contribution in [-0.2, 0) is 11.3 Å². The lowest BCUT2D eigenvalue weighted by Crippen LogP contribution is -2.42. The maximum absolute atomic E-state index is 12.5. The molecule has 3 aliphatic rings. The third kappa shape index (κ3) is 7.69. The Bertz CT molecular complexity index is 1080. The minimum Gasteiger partial charge on any atom is -0.445 e. The number of allylic oxidation sites excluding steroid dienone is 3. The minimum absolute atomic E-state index is 0.222. The van der Waals surface area contributed by atoms with Crippen LogP contribution in [0.3, 0.4) is 0 Å². The summed E-state index contributed by atoms with van der Waals surface area (Å²) in [5, 5.41) is 13.6. The number of carbonyl (C=O) groups excluding carboxylic acids is 1. The third-order valence-electron chi connectivity index (χ3n) is 10.1. The number of hydrogen-bond donors (Lipinski definition) is 2. The van der Waals surface area contributed by atoms with Gasteiger partial charge in [0.05, 0.1) is 12.1 Å². The summed E-state index contributed by atoms with van der Waals surface area (Å²) in [6.07, 6.45) is 15.0. The molecular formula is C36H53NO3. The van der Waals surface area contributed by atoms with E-state index in [1.807, 2.05) is 30.3 Å². The number of hydrogen-bond acceptors (Lipinski definition) is 3. The van der Waals surface area contributed by atoms with E-state index in [9.17, 15) is 9.90 Å². The molecule has 1 aromatic carbocycles. The molecule has 220 valence electrons. The summed E-state index contributed by atoms with van der Waals surface area (Å²) in [6.45, 7) is 16.7. The largest absolute Gasteiger partial charge is 0.445 e. The van der Waals surface area contributed by atoms with E-state index in [1.54, 1.807) is 5.57 Å². The number of aliphatic hydroxyl groups is 1. The Morgan fingerprint density at radius 2 is 1.98 bits per heavy atom. The van der Waals surface area contributed by atoms with E-state index in [0.717, 1.165) is 35.0 Å². The van der Waals surface area contributed by atoms with Crippen LogP contribution in [0.4, 0.5) is 4.79 Å². The van der Waals surface area contributed by atoms with Gasteiger partial charge < -0.3 is 15.2 Å². The van der Waals surface area contributed by atoms with Crippen LogP contribution in [0.5, 0.6) is 0 Å². The molecule has 40 heavy (non-hydrogen) atoms. The number of nitrogens with one attached hydrogen (secondary N) is 1. The number of benzene rings is 1. The van der Waals surface area contributed by atoms with Gasteiger partial charge in [0, 0.05) is 0 Å². The van der Waals surface area contributed by atoms with Crippen LogP contribution < -0.4 is 5.32 Å². The van der Waals surface area contributed by atoms with Gasteiger partial charge >= 0.3 is 6.09 Å². The summed E-state index contributed by atoms with van der Waals surface area (Å²) < 4.78 is 5.43. The molecule has 4 nitrogen and oxygen atoms in total. The van der Waals surface area contributed by atoms with E-state index in [0.29, 0.717) is 29.6 Å². The van der Waals surface area contributed by atoms with Crippen LogP contribution in [0.1, 0.15) is 104 Å². The second kappa shape index (κ2) is 13.1. The highest BCUT2D eigenvalue weighted by Crippen LogP contribution is 2.60. The van der Waals surface area contributed by atoms with Crippen molar-refractivity contribution in [1.82, 2.24) is 5.32 Å². The van der Waals surface area contributed by atoms with Crippen molar-refractivity contribution in [2.75, 3.05) is 0 Å². The molecule has 0 saturated heterocycles. The van der Waals surface area contributed by atoms with Crippen LogP contribution in [0, 0.1) is 28.6 Å². The Kier molecular flexibility index (Phi) is 10.0. The van der Waals surface area contributed by atoms with Gasteiger partial charge in [-0.25, -0.2) is 4.79 Å². The number of carbonyl (C=O) groups is 1. The molecule has 3 saturated carbocycles. The lowest BCUT2D eigenvalue weighted by atomic mass is 9.60. The standard InChI is InChI=1S/C36H53NO3/c1-25(12-10-20-35(3,4)5)31-18-19-32-28(15-11-21-36(31,32)6)16-17-29-22-30(38)23-33(26(29)2)37-34(39)40-24-27-13-8-7-9-14-27/h7-9,13-14,16-17,25,30-33,38H,2,10-12,15,18-24H2,1,3-6H3,(H,37,39)/b28-16+,29-17-/t25-,30-,31-,32+,33+,36-/m1/s1. The Hall–Kier alpha value is -2.33. The van der Waals surface area contributed by atoms with Gasteiger partial charge in [-0.05, 0) is 96.7 Å². The number of aliphatic hydroxyl groups excluding tert-OH is 1. The molecule has 1 aromatic rings. The normalized spacial score (nSPS) is 31.7. The fraction of sp³-hybridized carbons (Fsp3) is 0.639. The van der Waals surface area contributed by atoms with Gasteiger partial charge in [-0.15, -0.1) is 0 Å². The first-order valence-electron chi connectivity index (χ1n) is 15.7. The first kappa shape index (κ1) is 30.6. The van der Waals surface area contributed by atoms with Crippen LogP contribution in [0.15, 0.2) is 65.8 Å². The van der Waals surface area contributed by atoms with Crippen molar-refractivity contribution in [3.05, 3.63) is 71.3 Å². The predicted molar refractivity (Wildman–Crippen MR) is 165 cm³/mol. The van der Waals surface area contributed by atoms with Crippen molar-refractivity contribution >= 4 is 6.09 Å². The Labute approximate surface area is 243 Å². The molecular weight excluding hydrogens is 494 g/mol. The second-order valence-corrected chi connectivity index (χ2v) is 14.3. The van der Waals surface area contributed by atoms with Crippen LogP contribution in [0.2, 0.25) is 0 Å². The lowest BCUT2D eigenvalue weighted by molar-refractivity contribution is 0.0920. The summed E-state index contributed by atoms with van der Waals surface area (Å²) in [5.41, 5.74) is 5.25. The molecule has 0 unspecified atom stereocenters. The number of amides is 1. The van der Waals surface area contributed by atoms with Crippen molar-refractivity contribution in [2.45, 2.75) is 118 Å². The molecule has 0 aromatic heterocycles. The molecule has 4 heteroatoms. The maximum Gasteiger partial charge on any atom is 0.407 e. The van der Waals surface area contributed by atoms with Gasteiger partial charge in [-0.1, -0.05) is 102 Å². The smallest absolute Gasteiger partial charge is 0.407 e. The van der Waals surface area contributed by atoms with Crippen molar-refractivity contribution in [2.24, 2.45) is 28.6 Å². The second-order valence-electron chi connectivity index (χ2n) is 14.3. The molecule has 0 aliphatic heterocycles. The summed E-state index contributed by atoms with van der Waals surface area (Å²) >= 11 is 0. The summed E-state index contributed by atoms with van der Waals surface area (Å²) in [7, 11) is 0. The number of fused-ring (bicyclic) bond motifs is 1. The quantitative estimate of drug-likeness (QED) is 0.342. The highest BCUT2D eigenvalue weighted by molar-refractivity contribution is 5.68. The van der Waals surface area contributed by atoms with Gasteiger partial charge in [0.2, 0.25) is 0 Å². The fourth-order valence-electron chi connectivity index (χ4n) is 7.91. The molecule has 6 atom stereocenters. The SMILES string of the molecule is C=C1/C(=C\C=C2/CCC[C@]3(C)[C@@H]([C@H](C)CCCC(C)(C)C)CC[C@@H]23)C[C@@H](O)C[C@@H]1NC(=O)OCc1ccccc1. The maximum atomic E-state index is 12.5. The Morgan fingerprint density at radius 3 is 2.70 bits per heavy atom. The Morgan fingerprint density at radius 1 is 1.23 bits per heavy atom. The van der Waals surface area contributed by atoms with Crippen molar-refractivity contribution < 1.29 is 14.6 Å². The molecule has 1 amide bonds. The highest BCUT2D eigenvalue weighted by atomic mass is 16.5. The fourth-order valence-corrected chi connectivity index (χ4v) is 7.91. The van der Waals surface area contributed by atoms with Crippen LogP contribution >= 0.6 is 0 Å². The zero-order valence-corrected chi connectivity index (χ0v) is 25.7. The molecule has 0 bridgehead atoms. The van der Waals surface area contributed by atoms with Gasteiger partial charge in [0.1, 0.15) is 6.61 Å². The van der Waals surface area contributed by atoms with Crippen LogP contribution in [-0.4, -0.2) is 23.3 Å². The predicted octanol–water partition coefficient (Wildman–Crippen LogP) is 8.91. The lowest BCUT2D eigenvalue weighted by Gasteiger charge is -2.44. The topological polar surface area (TPSA) is 58.6 Å². The number of rotatable bonds is 8. The molecule has 4 rings (SSSR count). The van der Waals surface area contributed by atoms with Crippen molar-refractivity contribution in [1.29, 1.82) is 0 Å². The van der Waals surface area contributed by atoms with E-state index in [2.05, 4.69) is 58.7 Å². The average molecular weight is 548 g/mol. The highest BCUT2D eigenvalue weighted by Gasteiger charge is 2.50. The molecule has 3 aliphatic carbocycles. The third-order valence-corrected chi connectivity index (χ3v) is 10.1. The number of ether oxygens (including phenoxy) is 1. The van der Waals surface area contributed by atoms with E-state index in [4.69, 9.17) is 4.74 Å². The summed E-state index contributed by atoms with van der Waals surface area (Å²) in [6, 6.07) is 9.34. The average Bonchev–Trinajstić information content (AvgIpc) is 3.26. The molecule has 0 radical (unpaired) electrons. The Balaban J connectivity index is 1.39. The molecule has 2 N–H and O–H groups in total. The summed E-state index contributed by atoms with van der Waals surface area (Å²) in [5.74, 6) is 2.23. The van der Waals surface area contributed by atoms with Crippen molar-refractivity contribution in [3.63, 3.8) is 0 Å². The zero-order chi connectivity index (χ0) is 28.9. The summed E-state index contributed by atoms with van der Waals surface area (Å²) in [4.78, 5) is 12.5.